The molecule has 0 atom stereocenters. The number of para-hydroxylation sites is 6. The molecule has 2 aromatic heterocycles. The maximum Gasteiger partial charge on any atom is 0.0790 e. The largest absolute Gasteiger partial charge is 0.307 e. The zero-order valence-electron chi connectivity index (χ0n) is 21.1. The van der Waals surface area contributed by atoms with Crippen LogP contribution in [0.25, 0.3) is 55.0 Å². The van der Waals surface area contributed by atoms with Crippen LogP contribution in [0.15, 0.2) is 140 Å². The Balaban J connectivity index is 1.54. The van der Waals surface area contributed by atoms with Crippen LogP contribution < -0.4 is 4.90 Å². The van der Waals surface area contributed by atoms with Gasteiger partial charge in [0.15, 0.2) is 0 Å². The van der Waals surface area contributed by atoms with Crippen LogP contribution in [0.1, 0.15) is 0 Å². The van der Waals surface area contributed by atoms with E-state index in [4.69, 9.17) is 0 Å². The zero-order chi connectivity index (χ0) is 25.5. The lowest BCUT2D eigenvalue weighted by Crippen LogP contribution is -2.18. The molecule has 0 spiro atoms. The normalized spacial score (nSPS) is 12.6. The number of rotatable bonds is 2. The second-order valence-electron chi connectivity index (χ2n) is 10.2. The van der Waals surface area contributed by atoms with E-state index in [-0.39, 0.29) is 0 Å². The lowest BCUT2D eigenvalue weighted by atomic mass is 10.1. The van der Waals surface area contributed by atoms with Crippen LogP contribution in [-0.4, -0.2) is 9.13 Å². The Labute approximate surface area is 225 Å². The molecule has 0 amide bonds. The number of hydrogen-bond acceptors (Lipinski definition) is 1. The third-order valence-electron chi connectivity index (χ3n) is 8.20. The van der Waals surface area contributed by atoms with Crippen LogP contribution in [0.2, 0.25) is 0 Å². The highest BCUT2D eigenvalue weighted by Gasteiger charge is 2.30. The lowest BCUT2D eigenvalue weighted by Gasteiger charge is -2.33. The van der Waals surface area contributed by atoms with Crippen LogP contribution in [0, 0.1) is 0 Å². The Morgan fingerprint density at radius 3 is 1.64 bits per heavy atom. The molecule has 3 heterocycles. The summed E-state index contributed by atoms with van der Waals surface area (Å²) in [7, 11) is 0. The Morgan fingerprint density at radius 2 is 0.846 bits per heavy atom. The molecule has 0 saturated heterocycles. The van der Waals surface area contributed by atoms with Crippen molar-refractivity contribution in [3.63, 3.8) is 0 Å². The first-order valence-electron chi connectivity index (χ1n) is 13.4. The standard InChI is InChI=1S/C36H23N3/c1-3-12-24(13-4-1)37-31-19-9-10-20-32(31)39-34-27(17-11-21-33(34)37)29-23-22-28-26-16-7-8-18-30(26)38(35(28)36(29)39)25-14-5-2-6-15-25/h1-23H. The van der Waals surface area contributed by atoms with E-state index in [1.807, 2.05) is 0 Å². The van der Waals surface area contributed by atoms with E-state index in [1.165, 1.54) is 66.4 Å². The van der Waals surface area contributed by atoms with Gasteiger partial charge in [-0.25, -0.2) is 0 Å². The van der Waals surface area contributed by atoms with Crippen molar-refractivity contribution in [2.45, 2.75) is 0 Å². The predicted molar refractivity (Wildman–Crippen MR) is 163 cm³/mol. The van der Waals surface area contributed by atoms with E-state index in [0.29, 0.717) is 0 Å². The van der Waals surface area contributed by atoms with E-state index in [1.54, 1.807) is 0 Å². The molecule has 0 aliphatic carbocycles. The van der Waals surface area contributed by atoms with Gasteiger partial charge in [-0.05, 0) is 48.5 Å². The van der Waals surface area contributed by atoms with Gasteiger partial charge in [0.2, 0.25) is 0 Å². The van der Waals surface area contributed by atoms with Crippen LogP contribution in [0.5, 0.6) is 0 Å². The fourth-order valence-electron chi connectivity index (χ4n) is 6.67. The molecule has 1 aliphatic rings. The van der Waals surface area contributed by atoms with Crippen molar-refractivity contribution in [2.75, 3.05) is 4.90 Å². The van der Waals surface area contributed by atoms with Gasteiger partial charge in [-0.1, -0.05) is 91.0 Å². The minimum absolute atomic E-state index is 1.16. The van der Waals surface area contributed by atoms with Crippen molar-refractivity contribution in [1.82, 2.24) is 9.13 Å². The minimum atomic E-state index is 1.16. The van der Waals surface area contributed by atoms with Crippen molar-refractivity contribution in [2.24, 2.45) is 0 Å². The number of aromatic nitrogens is 2. The molecular formula is C36H23N3. The van der Waals surface area contributed by atoms with E-state index in [9.17, 15) is 0 Å². The Hall–Kier alpha value is -5.28. The summed E-state index contributed by atoms with van der Waals surface area (Å²) >= 11 is 0. The van der Waals surface area contributed by atoms with Crippen LogP contribution in [0.4, 0.5) is 17.1 Å². The van der Waals surface area contributed by atoms with E-state index < -0.39 is 0 Å². The van der Waals surface area contributed by atoms with Gasteiger partial charge in [0, 0.05) is 32.9 Å². The summed E-state index contributed by atoms with van der Waals surface area (Å²) in [4.78, 5) is 2.40. The van der Waals surface area contributed by atoms with Crippen molar-refractivity contribution in [1.29, 1.82) is 0 Å². The third kappa shape index (κ3) is 2.66. The Morgan fingerprint density at radius 1 is 0.308 bits per heavy atom. The van der Waals surface area contributed by atoms with Gasteiger partial charge in [0.05, 0.1) is 39.1 Å². The first kappa shape index (κ1) is 20.7. The van der Waals surface area contributed by atoms with E-state index in [2.05, 4.69) is 154 Å². The molecule has 0 bridgehead atoms. The summed E-state index contributed by atoms with van der Waals surface area (Å²) in [5.74, 6) is 0. The fourth-order valence-corrected chi connectivity index (χ4v) is 6.67. The quantitative estimate of drug-likeness (QED) is 0.232. The maximum atomic E-state index is 2.51. The molecule has 3 heteroatoms. The number of benzene rings is 6. The van der Waals surface area contributed by atoms with Crippen molar-refractivity contribution in [3.8, 4) is 11.4 Å². The minimum Gasteiger partial charge on any atom is -0.307 e. The number of nitrogens with zero attached hydrogens (tertiary/aromatic N) is 3. The third-order valence-corrected chi connectivity index (χ3v) is 8.20. The van der Waals surface area contributed by atoms with Crippen LogP contribution >= 0.6 is 0 Å². The second kappa shape index (κ2) is 7.62. The van der Waals surface area contributed by atoms with Gasteiger partial charge in [-0.15, -0.1) is 0 Å². The lowest BCUT2D eigenvalue weighted by molar-refractivity contribution is 1.10. The summed E-state index contributed by atoms with van der Waals surface area (Å²) in [6.45, 7) is 0. The number of anilines is 3. The molecule has 39 heavy (non-hydrogen) atoms. The highest BCUT2D eigenvalue weighted by atomic mass is 15.2. The summed E-state index contributed by atoms with van der Waals surface area (Å²) in [6, 6.07) is 50.4. The van der Waals surface area contributed by atoms with Gasteiger partial charge in [0.25, 0.3) is 0 Å². The summed E-state index contributed by atoms with van der Waals surface area (Å²) in [5, 5.41) is 5.07. The summed E-state index contributed by atoms with van der Waals surface area (Å²) in [6.07, 6.45) is 0. The molecule has 0 fully saturated rings. The van der Waals surface area contributed by atoms with Crippen molar-refractivity contribution < 1.29 is 0 Å². The van der Waals surface area contributed by atoms with Gasteiger partial charge in [0.1, 0.15) is 0 Å². The molecular weight excluding hydrogens is 474 g/mol. The first-order valence-corrected chi connectivity index (χ1v) is 13.4. The summed E-state index contributed by atoms with van der Waals surface area (Å²) in [5.41, 5.74) is 10.9. The van der Waals surface area contributed by atoms with Gasteiger partial charge >= 0.3 is 0 Å². The molecule has 9 rings (SSSR count). The van der Waals surface area contributed by atoms with E-state index in [0.717, 1.165) is 5.69 Å². The molecule has 0 N–H and O–H groups in total. The SMILES string of the molecule is c1ccc(N2c3ccccc3-n3c4c2cccc4c2ccc4c5ccccc5n(-c5ccccc5)c4c23)cc1. The smallest absolute Gasteiger partial charge is 0.0790 e. The topological polar surface area (TPSA) is 13.1 Å². The molecule has 182 valence electrons. The van der Waals surface area contributed by atoms with Gasteiger partial charge in [-0.3, -0.25) is 0 Å². The molecule has 3 nitrogen and oxygen atoms in total. The Kier molecular flexibility index (Phi) is 4.05. The maximum absolute atomic E-state index is 2.51. The number of fused-ring (bicyclic) bond motifs is 9. The van der Waals surface area contributed by atoms with E-state index >= 15 is 0 Å². The molecule has 0 radical (unpaired) electrons. The van der Waals surface area contributed by atoms with Crippen LogP contribution in [0.3, 0.4) is 0 Å². The monoisotopic (exact) mass is 497 g/mol. The average molecular weight is 498 g/mol. The molecule has 1 aliphatic heterocycles. The van der Waals surface area contributed by atoms with Crippen LogP contribution in [-0.2, 0) is 0 Å². The van der Waals surface area contributed by atoms with Crippen molar-refractivity contribution in [3.05, 3.63) is 140 Å². The molecule has 0 unspecified atom stereocenters. The Bertz CT molecular complexity index is 2220. The molecule has 6 aromatic carbocycles. The predicted octanol–water partition coefficient (Wildman–Crippen LogP) is 9.66. The fraction of sp³-hybridized carbons (Fsp3) is 0. The first-order chi connectivity index (χ1) is 19.4. The highest BCUT2D eigenvalue weighted by Crippen LogP contribution is 2.51. The second-order valence-corrected chi connectivity index (χ2v) is 10.2. The van der Waals surface area contributed by atoms with Gasteiger partial charge in [-0.2, -0.15) is 0 Å². The number of hydrogen-bond donors (Lipinski definition) is 0. The van der Waals surface area contributed by atoms with Crippen molar-refractivity contribution >= 4 is 60.7 Å². The van der Waals surface area contributed by atoms with Gasteiger partial charge < -0.3 is 14.0 Å². The zero-order valence-corrected chi connectivity index (χ0v) is 21.1. The highest BCUT2D eigenvalue weighted by molar-refractivity contribution is 6.26. The molecule has 0 saturated carbocycles. The average Bonchev–Trinajstić information content (AvgIpc) is 3.53. The molecule has 8 aromatic rings. The summed E-state index contributed by atoms with van der Waals surface area (Å²) < 4.78 is 4.96.